The fraction of sp³-hybridized carbons (Fsp3) is 0.800. The highest BCUT2D eigenvalue weighted by Gasteiger charge is 2.41. The van der Waals surface area contributed by atoms with E-state index in [0.717, 1.165) is 19.4 Å². The van der Waals surface area contributed by atoms with E-state index in [0.29, 0.717) is 0 Å². The van der Waals surface area contributed by atoms with Crippen LogP contribution in [0.3, 0.4) is 0 Å². The van der Waals surface area contributed by atoms with Crippen molar-refractivity contribution in [1.82, 2.24) is 10.2 Å². The predicted molar refractivity (Wildman–Crippen MR) is 54.8 cm³/mol. The zero-order valence-corrected chi connectivity index (χ0v) is 8.93. The van der Waals surface area contributed by atoms with Crippen LogP contribution in [0, 0.1) is 0 Å². The number of carbonyl (C=O) groups excluding carboxylic acids is 1. The minimum absolute atomic E-state index is 0.133. The monoisotopic (exact) mass is 228 g/mol. The van der Waals surface area contributed by atoms with Crippen molar-refractivity contribution in [2.24, 2.45) is 0 Å². The molecule has 16 heavy (non-hydrogen) atoms. The summed E-state index contributed by atoms with van der Waals surface area (Å²) in [6.07, 6.45) is 1.10. The summed E-state index contributed by atoms with van der Waals surface area (Å²) in [6.45, 7) is 0.929. The van der Waals surface area contributed by atoms with E-state index in [9.17, 15) is 14.7 Å². The van der Waals surface area contributed by atoms with Crippen LogP contribution >= 0.6 is 0 Å². The van der Waals surface area contributed by atoms with Crippen molar-refractivity contribution >= 4 is 11.9 Å². The molecule has 2 rings (SSSR count). The summed E-state index contributed by atoms with van der Waals surface area (Å²) >= 11 is 0. The molecule has 0 aromatic carbocycles. The Balaban J connectivity index is 2.06. The average molecular weight is 228 g/mol. The van der Waals surface area contributed by atoms with Gasteiger partial charge in [-0.15, -0.1) is 0 Å². The number of amides is 1. The van der Waals surface area contributed by atoms with Crippen LogP contribution < -0.4 is 5.32 Å². The molecule has 2 aliphatic rings. The normalized spacial score (nSPS) is 34.3. The topological polar surface area (TPSA) is 89.9 Å². The third kappa shape index (κ3) is 2.03. The molecule has 0 aromatic heterocycles. The van der Waals surface area contributed by atoms with Gasteiger partial charge in [0.2, 0.25) is 5.91 Å². The first-order chi connectivity index (χ1) is 7.59. The van der Waals surface area contributed by atoms with E-state index >= 15 is 0 Å². The Morgan fingerprint density at radius 1 is 1.38 bits per heavy atom. The standard InChI is InChI=1S/C10H16N2O4/c13-6-4-8(10(15)16)12(5-6)9(14)7-2-1-3-11-7/h6-8,11,13H,1-5H2,(H,15,16)/t6-,7?,8+/m1/s1. The average Bonchev–Trinajstić information content (AvgIpc) is 2.84. The number of carbonyl (C=O) groups is 2. The highest BCUT2D eigenvalue weighted by Crippen LogP contribution is 2.21. The Morgan fingerprint density at radius 3 is 2.69 bits per heavy atom. The van der Waals surface area contributed by atoms with Gasteiger partial charge in [0.1, 0.15) is 6.04 Å². The van der Waals surface area contributed by atoms with Crippen LogP contribution in [-0.4, -0.2) is 58.3 Å². The number of aliphatic hydroxyl groups excluding tert-OH is 1. The Hall–Kier alpha value is -1.14. The summed E-state index contributed by atoms with van der Waals surface area (Å²) in [6, 6.07) is -1.14. The van der Waals surface area contributed by atoms with Crippen molar-refractivity contribution in [2.45, 2.75) is 37.5 Å². The molecule has 3 atom stereocenters. The number of rotatable bonds is 2. The first-order valence-corrected chi connectivity index (χ1v) is 5.54. The molecule has 0 bridgehead atoms. The molecular weight excluding hydrogens is 212 g/mol. The van der Waals surface area contributed by atoms with Crippen LogP contribution in [0.25, 0.3) is 0 Å². The fourth-order valence-electron chi connectivity index (χ4n) is 2.39. The number of aliphatic carboxylic acids is 1. The maximum Gasteiger partial charge on any atom is 0.326 e. The van der Waals surface area contributed by atoms with Crippen LogP contribution in [0.4, 0.5) is 0 Å². The maximum atomic E-state index is 12.0. The zero-order valence-electron chi connectivity index (χ0n) is 8.93. The molecule has 3 N–H and O–H groups in total. The predicted octanol–water partition coefficient (Wildman–Crippen LogP) is -1.22. The number of carboxylic acid groups (broad SMARTS) is 1. The molecule has 90 valence electrons. The van der Waals surface area contributed by atoms with Gasteiger partial charge in [-0.25, -0.2) is 4.79 Å². The molecule has 0 aromatic rings. The van der Waals surface area contributed by atoms with Gasteiger partial charge in [-0.1, -0.05) is 0 Å². The summed E-state index contributed by atoms with van der Waals surface area (Å²) in [5, 5.41) is 21.4. The summed E-state index contributed by atoms with van der Waals surface area (Å²) in [4.78, 5) is 24.2. The van der Waals surface area contributed by atoms with Gasteiger partial charge in [0.05, 0.1) is 12.1 Å². The van der Waals surface area contributed by atoms with Gasteiger partial charge in [-0.05, 0) is 19.4 Å². The Bertz CT molecular complexity index is 301. The van der Waals surface area contributed by atoms with E-state index in [1.54, 1.807) is 0 Å². The SMILES string of the molecule is O=C(O)[C@@H]1C[C@@H](O)CN1C(=O)C1CCCN1. The van der Waals surface area contributed by atoms with Crippen molar-refractivity contribution in [3.63, 3.8) is 0 Å². The molecule has 2 heterocycles. The number of aliphatic hydroxyl groups is 1. The molecule has 2 aliphatic heterocycles. The molecule has 2 saturated heterocycles. The number of β-amino-alcohol motifs (C(OH)–C–C–N with tert-alkyl or cyclic N) is 1. The minimum Gasteiger partial charge on any atom is -0.480 e. The second-order valence-electron chi connectivity index (χ2n) is 4.38. The number of carboxylic acids is 1. The molecule has 6 heteroatoms. The number of likely N-dealkylation sites (tertiary alicyclic amines) is 1. The van der Waals surface area contributed by atoms with Gasteiger partial charge < -0.3 is 20.4 Å². The van der Waals surface area contributed by atoms with E-state index in [1.165, 1.54) is 4.90 Å². The van der Waals surface area contributed by atoms with Crippen molar-refractivity contribution in [3.05, 3.63) is 0 Å². The van der Waals surface area contributed by atoms with Crippen LogP contribution in [0.15, 0.2) is 0 Å². The molecule has 0 aliphatic carbocycles. The molecule has 1 amide bonds. The molecular formula is C10H16N2O4. The lowest BCUT2D eigenvalue weighted by Gasteiger charge is -2.24. The number of nitrogens with one attached hydrogen (secondary N) is 1. The molecule has 0 spiro atoms. The largest absolute Gasteiger partial charge is 0.480 e. The lowest BCUT2D eigenvalue weighted by molar-refractivity contribution is -0.148. The van der Waals surface area contributed by atoms with Crippen LogP contribution in [-0.2, 0) is 9.59 Å². The lowest BCUT2D eigenvalue weighted by Crippen LogP contribution is -2.48. The van der Waals surface area contributed by atoms with Crippen molar-refractivity contribution in [1.29, 1.82) is 0 Å². The first kappa shape index (κ1) is 11.3. The Labute approximate surface area is 93.2 Å². The molecule has 1 unspecified atom stereocenters. The quantitative estimate of drug-likeness (QED) is 0.551. The lowest BCUT2D eigenvalue weighted by atomic mass is 10.1. The van der Waals surface area contributed by atoms with Gasteiger partial charge in [0.25, 0.3) is 0 Å². The van der Waals surface area contributed by atoms with Gasteiger partial charge in [-0.2, -0.15) is 0 Å². The highest BCUT2D eigenvalue weighted by atomic mass is 16.4. The Kier molecular flexibility index (Phi) is 3.11. The maximum absolute atomic E-state index is 12.0. The van der Waals surface area contributed by atoms with E-state index in [2.05, 4.69) is 5.32 Å². The molecule has 0 saturated carbocycles. The van der Waals surface area contributed by atoms with E-state index in [4.69, 9.17) is 5.11 Å². The van der Waals surface area contributed by atoms with Gasteiger partial charge in [0.15, 0.2) is 0 Å². The second-order valence-corrected chi connectivity index (χ2v) is 4.38. The van der Waals surface area contributed by atoms with Gasteiger partial charge in [-0.3, -0.25) is 4.79 Å². The van der Waals surface area contributed by atoms with Crippen LogP contribution in [0.2, 0.25) is 0 Å². The second kappa shape index (κ2) is 4.39. The van der Waals surface area contributed by atoms with Crippen molar-refractivity contribution in [3.8, 4) is 0 Å². The summed E-state index contributed by atoms with van der Waals surface area (Å²) in [5.74, 6) is -1.23. The van der Waals surface area contributed by atoms with Gasteiger partial charge in [0, 0.05) is 13.0 Å². The highest BCUT2D eigenvalue weighted by molar-refractivity contribution is 5.87. The van der Waals surface area contributed by atoms with Crippen LogP contribution in [0.1, 0.15) is 19.3 Å². The smallest absolute Gasteiger partial charge is 0.326 e. The molecule has 6 nitrogen and oxygen atoms in total. The van der Waals surface area contributed by atoms with E-state index in [-0.39, 0.29) is 24.9 Å². The Morgan fingerprint density at radius 2 is 2.12 bits per heavy atom. The summed E-state index contributed by atoms with van der Waals surface area (Å²) in [5.41, 5.74) is 0. The number of hydrogen-bond acceptors (Lipinski definition) is 4. The minimum atomic E-state index is -1.04. The van der Waals surface area contributed by atoms with E-state index in [1.807, 2.05) is 0 Å². The first-order valence-electron chi connectivity index (χ1n) is 5.54. The summed E-state index contributed by atoms with van der Waals surface area (Å²) < 4.78 is 0. The third-order valence-electron chi connectivity index (χ3n) is 3.21. The third-order valence-corrected chi connectivity index (χ3v) is 3.21. The number of nitrogens with zero attached hydrogens (tertiary/aromatic N) is 1. The van der Waals surface area contributed by atoms with Crippen molar-refractivity contribution in [2.75, 3.05) is 13.1 Å². The summed E-state index contributed by atoms with van der Waals surface area (Å²) in [7, 11) is 0. The zero-order chi connectivity index (χ0) is 11.7. The van der Waals surface area contributed by atoms with Crippen LogP contribution in [0.5, 0.6) is 0 Å². The fourth-order valence-corrected chi connectivity index (χ4v) is 2.39. The molecule has 2 fully saturated rings. The van der Waals surface area contributed by atoms with Crippen molar-refractivity contribution < 1.29 is 19.8 Å². The number of hydrogen-bond donors (Lipinski definition) is 3. The van der Waals surface area contributed by atoms with E-state index < -0.39 is 18.1 Å². The van der Waals surface area contributed by atoms with Gasteiger partial charge >= 0.3 is 5.97 Å². The molecule has 0 radical (unpaired) electrons.